The van der Waals surface area contributed by atoms with Gasteiger partial charge in [-0.1, -0.05) is 6.07 Å². The molecule has 8 heteroatoms. The second-order valence-electron chi connectivity index (χ2n) is 7.04. The van der Waals surface area contributed by atoms with E-state index in [1.54, 1.807) is 0 Å². The van der Waals surface area contributed by atoms with Gasteiger partial charge in [-0.25, -0.2) is 0 Å². The highest BCUT2D eigenvalue weighted by Gasteiger charge is 2.30. The first kappa shape index (κ1) is 19.0. The van der Waals surface area contributed by atoms with Crippen LogP contribution < -0.4 is 5.43 Å². The van der Waals surface area contributed by atoms with Crippen molar-refractivity contribution in [2.75, 3.05) is 0 Å². The summed E-state index contributed by atoms with van der Waals surface area (Å²) in [6, 6.07) is 5.39. The number of rotatable bonds is 4. The standard InChI is InChI=1S/C19H20O8/c1-19(2,26)13(22)7-10(21)8-6-12-15(18(25)16(8)23)17(24)14-9(20)4-3-5-11(14)27-12/h3-6,10,13,20-23,25-26H,7H2,1-2H3/t10-,13-/m1/s1. The van der Waals surface area contributed by atoms with Gasteiger partial charge in [-0.2, -0.15) is 0 Å². The molecule has 27 heavy (non-hydrogen) atoms. The van der Waals surface area contributed by atoms with Crippen LogP contribution >= 0.6 is 0 Å². The van der Waals surface area contributed by atoms with Crippen LogP contribution in [0.4, 0.5) is 0 Å². The fourth-order valence-corrected chi connectivity index (χ4v) is 2.91. The first-order valence-electron chi connectivity index (χ1n) is 8.24. The molecule has 0 saturated heterocycles. The molecule has 0 spiro atoms. The zero-order chi connectivity index (χ0) is 20.1. The molecule has 6 N–H and O–H groups in total. The van der Waals surface area contributed by atoms with E-state index in [0.29, 0.717) is 0 Å². The summed E-state index contributed by atoms with van der Waals surface area (Å²) in [5, 5.41) is 60.0. The maximum atomic E-state index is 12.6. The molecule has 1 heterocycles. The molecule has 0 saturated carbocycles. The second kappa shape index (κ2) is 6.41. The van der Waals surface area contributed by atoms with Crippen LogP contribution in [0.1, 0.15) is 31.9 Å². The van der Waals surface area contributed by atoms with Crippen LogP contribution in [0.25, 0.3) is 21.9 Å². The molecule has 0 aliphatic carbocycles. The van der Waals surface area contributed by atoms with Crippen molar-refractivity contribution in [1.82, 2.24) is 0 Å². The molecule has 8 nitrogen and oxygen atoms in total. The minimum absolute atomic E-state index is 0.0644. The summed E-state index contributed by atoms with van der Waals surface area (Å²) >= 11 is 0. The number of aromatic hydroxyl groups is 3. The van der Waals surface area contributed by atoms with Gasteiger partial charge in [-0.3, -0.25) is 4.79 Å². The summed E-state index contributed by atoms with van der Waals surface area (Å²) < 4.78 is 5.55. The lowest BCUT2D eigenvalue weighted by Gasteiger charge is -2.26. The minimum atomic E-state index is -1.49. The summed E-state index contributed by atoms with van der Waals surface area (Å²) in [4.78, 5) is 12.6. The average molecular weight is 376 g/mol. The van der Waals surface area contributed by atoms with Crippen LogP contribution in [0.15, 0.2) is 33.5 Å². The zero-order valence-corrected chi connectivity index (χ0v) is 14.7. The van der Waals surface area contributed by atoms with Gasteiger partial charge < -0.3 is 35.1 Å². The monoisotopic (exact) mass is 376 g/mol. The third kappa shape index (κ3) is 3.18. The van der Waals surface area contributed by atoms with Crippen molar-refractivity contribution in [3.8, 4) is 17.2 Å². The van der Waals surface area contributed by atoms with E-state index in [9.17, 15) is 35.4 Å². The van der Waals surface area contributed by atoms with Crippen molar-refractivity contribution in [2.45, 2.75) is 38.1 Å². The van der Waals surface area contributed by atoms with Crippen molar-refractivity contribution >= 4 is 21.9 Å². The molecule has 1 aromatic heterocycles. The molecule has 2 aromatic carbocycles. The topological polar surface area (TPSA) is 152 Å². The molecule has 0 aliphatic rings. The maximum Gasteiger partial charge on any atom is 0.208 e. The lowest BCUT2D eigenvalue weighted by atomic mass is 9.92. The number of hydrogen-bond donors (Lipinski definition) is 6. The highest BCUT2D eigenvalue weighted by atomic mass is 16.3. The van der Waals surface area contributed by atoms with E-state index in [2.05, 4.69) is 0 Å². The van der Waals surface area contributed by atoms with Gasteiger partial charge in [0.2, 0.25) is 5.43 Å². The first-order chi connectivity index (χ1) is 12.5. The molecule has 3 rings (SSSR count). The van der Waals surface area contributed by atoms with Crippen LogP contribution in [0.5, 0.6) is 17.2 Å². The van der Waals surface area contributed by atoms with Crippen molar-refractivity contribution in [2.24, 2.45) is 0 Å². The normalized spacial score (nSPS) is 14.6. The van der Waals surface area contributed by atoms with Crippen LogP contribution in [-0.4, -0.2) is 42.3 Å². The Labute approximate surface area is 153 Å². The van der Waals surface area contributed by atoms with Crippen molar-refractivity contribution in [3.63, 3.8) is 0 Å². The van der Waals surface area contributed by atoms with Gasteiger partial charge in [-0.15, -0.1) is 0 Å². The first-order valence-corrected chi connectivity index (χ1v) is 8.24. The second-order valence-corrected chi connectivity index (χ2v) is 7.04. The van der Waals surface area contributed by atoms with E-state index in [4.69, 9.17) is 4.42 Å². The van der Waals surface area contributed by atoms with Gasteiger partial charge in [0.15, 0.2) is 11.5 Å². The molecule has 144 valence electrons. The van der Waals surface area contributed by atoms with Crippen LogP contribution in [-0.2, 0) is 0 Å². The summed E-state index contributed by atoms with van der Waals surface area (Å²) in [6.07, 6.45) is -3.10. The molecule has 3 aromatic rings. The number of fused-ring (bicyclic) bond motifs is 2. The van der Waals surface area contributed by atoms with Gasteiger partial charge in [0.25, 0.3) is 0 Å². The maximum absolute atomic E-state index is 12.6. The van der Waals surface area contributed by atoms with E-state index < -0.39 is 34.7 Å². The van der Waals surface area contributed by atoms with Crippen molar-refractivity contribution in [3.05, 3.63) is 40.1 Å². The fourth-order valence-electron chi connectivity index (χ4n) is 2.91. The number of aliphatic hydroxyl groups is 3. The number of phenolic OH excluding ortho intramolecular Hbond substituents is 3. The van der Waals surface area contributed by atoms with Gasteiger partial charge in [0.05, 0.1) is 17.8 Å². The third-order valence-corrected chi connectivity index (χ3v) is 4.57. The Morgan fingerprint density at radius 2 is 1.70 bits per heavy atom. The van der Waals surface area contributed by atoms with Crippen molar-refractivity contribution in [1.29, 1.82) is 0 Å². The highest BCUT2D eigenvalue weighted by Crippen LogP contribution is 2.41. The number of aliphatic hydroxyl groups excluding tert-OH is 2. The van der Waals surface area contributed by atoms with E-state index in [-0.39, 0.29) is 39.7 Å². The molecule has 0 aliphatic heterocycles. The molecule has 0 radical (unpaired) electrons. The molecule has 0 amide bonds. The van der Waals surface area contributed by atoms with E-state index in [1.807, 2.05) is 0 Å². The van der Waals surface area contributed by atoms with E-state index >= 15 is 0 Å². The summed E-state index contributed by atoms with van der Waals surface area (Å²) in [5.74, 6) is -1.89. The predicted octanol–water partition coefficient (Wildman–Crippen LogP) is 1.62. The SMILES string of the molecule is CC(C)(O)[C@H](O)C[C@@H](O)c1cc2oc3cccc(O)c3c(=O)c2c(O)c1O. The van der Waals surface area contributed by atoms with Crippen molar-refractivity contribution < 1.29 is 35.1 Å². The van der Waals surface area contributed by atoms with Crippen LogP contribution in [0.3, 0.4) is 0 Å². The summed E-state index contributed by atoms with van der Waals surface area (Å²) in [6.45, 7) is 2.72. The average Bonchev–Trinajstić information content (AvgIpc) is 2.56. The van der Waals surface area contributed by atoms with Gasteiger partial charge >= 0.3 is 0 Å². The lowest BCUT2D eigenvalue weighted by Crippen LogP contribution is -2.36. The highest BCUT2D eigenvalue weighted by molar-refractivity contribution is 5.97. The molecule has 0 unspecified atom stereocenters. The number of hydrogen-bond acceptors (Lipinski definition) is 8. The largest absolute Gasteiger partial charge is 0.507 e. The number of phenols is 3. The van der Waals surface area contributed by atoms with Gasteiger partial charge in [-0.05, 0) is 32.0 Å². The quantitative estimate of drug-likeness (QED) is 0.297. The predicted molar refractivity (Wildman–Crippen MR) is 96.9 cm³/mol. The van der Waals surface area contributed by atoms with Crippen LogP contribution in [0.2, 0.25) is 0 Å². The molecule has 2 atom stereocenters. The Bertz CT molecular complexity index is 1080. The molecule has 0 bridgehead atoms. The molecule has 0 fully saturated rings. The smallest absolute Gasteiger partial charge is 0.208 e. The fraction of sp³-hybridized carbons (Fsp3) is 0.316. The zero-order valence-electron chi connectivity index (χ0n) is 14.7. The van der Waals surface area contributed by atoms with Gasteiger partial charge in [0, 0.05) is 12.0 Å². The number of benzene rings is 2. The summed E-state index contributed by atoms with van der Waals surface area (Å²) in [7, 11) is 0. The van der Waals surface area contributed by atoms with Crippen LogP contribution in [0, 0.1) is 0 Å². The van der Waals surface area contributed by atoms with E-state index in [1.165, 1.54) is 38.1 Å². The Balaban J connectivity index is 2.21. The lowest BCUT2D eigenvalue weighted by molar-refractivity contribution is -0.0684. The Morgan fingerprint density at radius 1 is 1.04 bits per heavy atom. The molecular weight excluding hydrogens is 356 g/mol. The Morgan fingerprint density at radius 3 is 2.33 bits per heavy atom. The van der Waals surface area contributed by atoms with Gasteiger partial charge in [0.1, 0.15) is 27.7 Å². The Kier molecular flexibility index (Phi) is 4.51. The molecular formula is C19H20O8. The van der Waals surface area contributed by atoms with E-state index in [0.717, 1.165) is 0 Å². The Hall–Kier alpha value is -2.81. The third-order valence-electron chi connectivity index (χ3n) is 4.57. The minimum Gasteiger partial charge on any atom is -0.507 e. The summed E-state index contributed by atoms with van der Waals surface area (Å²) in [5.41, 5.74) is -2.45.